The van der Waals surface area contributed by atoms with Crippen LogP contribution in [0.25, 0.3) is 0 Å². The Hall–Kier alpha value is -4.05. The van der Waals surface area contributed by atoms with E-state index in [2.05, 4.69) is 0 Å². The minimum absolute atomic E-state index is 0.0279. The summed E-state index contributed by atoms with van der Waals surface area (Å²) in [7, 11) is 4.45. The van der Waals surface area contributed by atoms with Crippen molar-refractivity contribution in [2.75, 3.05) is 27.9 Å². The second kappa shape index (κ2) is 21.1. The Labute approximate surface area is 334 Å². The van der Waals surface area contributed by atoms with Crippen molar-refractivity contribution in [2.45, 2.75) is 101 Å². The SMILES string of the molecule is CCC1(C(=O)OCc2ccccc2)O[C@@H](O[C@@H]2C(COCc3ccccc3)O[C@H](OC)C(OCc3ccccc3)C2OCc2ccccc2)C(OC)C(OC)[C@@H]1O. The summed E-state index contributed by atoms with van der Waals surface area (Å²) in [6.07, 6.45) is -9.10. The van der Waals surface area contributed by atoms with Crippen LogP contribution in [0.5, 0.6) is 0 Å². The van der Waals surface area contributed by atoms with Crippen LogP contribution in [0.3, 0.4) is 0 Å². The van der Waals surface area contributed by atoms with Gasteiger partial charge in [0.25, 0.3) is 0 Å². The van der Waals surface area contributed by atoms with Gasteiger partial charge in [0.05, 0.1) is 26.4 Å². The van der Waals surface area contributed by atoms with Crippen LogP contribution in [0.2, 0.25) is 0 Å². The summed E-state index contributed by atoms with van der Waals surface area (Å²) < 4.78 is 63.3. The number of hydrogen-bond acceptors (Lipinski definition) is 12. The average Bonchev–Trinajstić information content (AvgIpc) is 3.26. The second-order valence-corrected chi connectivity index (χ2v) is 14.0. The summed E-state index contributed by atoms with van der Waals surface area (Å²) in [6.45, 7) is 2.50. The fraction of sp³-hybridized carbons (Fsp3) is 0.444. The Balaban J connectivity index is 1.35. The number of aliphatic hydroxyl groups excluding tert-OH is 1. The molecule has 2 aliphatic rings. The third-order valence-electron chi connectivity index (χ3n) is 10.4. The van der Waals surface area contributed by atoms with E-state index < -0.39 is 66.9 Å². The zero-order valence-corrected chi connectivity index (χ0v) is 32.9. The van der Waals surface area contributed by atoms with Crippen LogP contribution < -0.4 is 0 Å². The van der Waals surface area contributed by atoms with Crippen LogP contribution in [0.15, 0.2) is 121 Å². The molecular formula is C45H54O12. The lowest BCUT2D eigenvalue weighted by Crippen LogP contribution is -2.70. The molecule has 0 saturated carbocycles. The molecule has 12 heteroatoms. The van der Waals surface area contributed by atoms with E-state index in [0.717, 1.165) is 22.3 Å². The first kappa shape index (κ1) is 42.6. The van der Waals surface area contributed by atoms with Crippen molar-refractivity contribution < 1.29 is 57.3 Å². The molecule has 0 radical (unpaired) electrons. The van der Waals surface area contributed by atoms with Crippen molar-refractivity contribution in [1.29, 1.82) is 0 Å². The molecule has 10 atom stereocenters. The van der Waals surface area contributed by atoms with Crippen LogP contribution >= 0.6 is 0 Å². The van der Waals surface area contributed by atoms with E-state index in [-0.39, 0.29) is 32.8 Å². The van der Waals surface area contributed by atoms with Crippen LogP contribution in [-0.2, 0) is 78.6 Å². The van der Waals surface area contributed by atoms with Crippen LogP contribution in [0.4, 0.5) is 0 Å². The monoisotopic (exact) mass is 786 g/mol. The standard InChI is InChI=1S/C45H54O12/c1-5-45(44(47)54-29-34-24-16-9-17-25-34)41(46)38(48-2)39(49-3)43(57-45)56-36-35(30-51-26-31-18-10-6-11-19-31)55-42(50-4)40(53-28-33-22-14-8-15-23-33)37(36)52-27-32-20-12-7-13-21-32/h6-25,35-43,46H,5,26-30H2,1-4H3/t35?,36-,37?,38?,39?,40?,41+,42+,43-,45?/m1/s1. The van der Waals surface area contributed by atoms with E-state index in [1.54, 1.807) is 14.0 Å². The highest BCUT2D eigenvalue weighted by molar-refractivity contribution is 5.81. The maximum atomic E-state index is 14.1. The number of benzene rings is 4. The molecule has 2 fully saturated rings. The first-order chi connectivity index (χ1) is 27.9. The topological polar surface area (TPSA) is 130 Å². The van der Waals surface area contributed by atoms with Gasteiger partial charge in [0.2, 0.25) is 0 Å². The molecule has 6 rings (SSSR count). The predicted octanol–water partition coefficient (Wildman–Crippen LogP) is 5.77. The molecule has 306 valence electrons. The average molecular weight is 787 g/mol. The highest BCUT2D eigenvalue weighted by Crippen LogP contribution is 2.40. The molecule has 2 heterocycles. The summed E-state index contributed by atoms with van der Waals surface area (Å²) in [5.41, 5.74) is 1.73. The molecule has 2 saturated heterocycles. The third-order valence-corrected chi connectivity index (χ3v) is 10.4. The number of hydrogen-bond donors (Lipinski definition) is 1. The Morgan fingerprint density at radius 2 is 1.09 bits per heavy atom. The zero-order chi connectivity index (χ0) is 40.0. The molecular weight excluding hydrogens is 732 g/mol. The van der Waals surface area contributed by atoms with Crippen molar-refractivity contribution in [3.8, 4) is 0 Å². The molecule has 0 spiro atoms. The van der Waals surface area contributed by atoms with Gasteiger partial charge in [-0.25, -0.2) is 4.79 Å². The number of carbonyl (C=O) groups excluding carboxylic acids is 1. The van der Waals surface area contributed by atoms with Crippen molar-refractivity contribution in [3.05, 3.63) is 144 Å². The van der Waals surface area contributed by atoms with E-state index in [0.29, 0.717) is 6.61 Å². The zero-order valence-electron chi connectivity index (χ0n) is 32.9. The van der Waals surface area contributed by atoms with Crippen molar-refractivity contribution in [1.82, 2.24) is 0 Å². The summed E-state index contributed by atoms with van der Waals surface area (Å²) in [4.78, 5) is 14.1. The Bertz CT molecular complexity index is 1750. The quantitative estimate of drug-likeness (QED) is 0.116. The number of rotatable bonds is 19. The summed E-state index contributed by atoms with van der Waals surface area (Å²) >= 11 is 0. The van der Waals surface area contributed by atoms with Crippen molar-refractivity contribution in [2.24, 2.45) is 0 Å². The number of methoxy groups -OCH3 is 3. The predicted molar refractivity (Wildman–Crippen MR) is 208 cm³/mol. The van der Waals surface area contributed by atoms with Gasteiger partial charge in [-0.15, -0.1) is 0 Å². The number of ether oxygens (including phenoxy) is 10. The summed E-state index contributed by atoms with van der Waals surface area (Å²) in [5, 5.41) is 11.8. The molecule has 0 bridgehead atoms. The molecule has 0 aromatic heterocycles. The first-order valence-electron chi connectivity index (χ1n) is 19.3. The van der Waals surface area contributed by atoms with E-state index >= 15 is 0 Å². The van der Waals surface area contributed by atoms with Gasteiger partial charge < -0.3 is 52.5 Å². The van der Waals surface area contributed by atoms with Crippen molar-refractivity contribution in [3.63, 3.8) is 0 Å². The maximum absolute atomic E-state index is 14.1. The molecule has 2 aliphatic heterocycles. The lowest BCUT2D eigenvalue weighted by Gasteiger charge is -2.51. The molecule has 12 nitrogen and oxygen atoms in total. The van der Waals surface area contributed by atoms with Gasteiger partial charge in [-0.05, 0) is 28.7 Å². The lowest BCUT2D eigenvalue weighted by atomic mass is 9.84. The maximum Gasteiger partial charge on any atom is 0.341 e. The third kappa shape index (κ3) is 10.5. The van der Waals surface area contributed by atoms with Crippen LogP contribution in [0.1, 0.15) is 35.6 Å². The highest BCUT2D eigenvalue weighted by Gasteiger charge is 2.61. The normalized spacial score (nSPS) is 28.8. The van der Waals surface area contributed by atoms with Crippen LogP contribution in [0, 0.1) is 0 Å². The van der Waals surface area contributed by atoms with E-state index in [4.69, 9.17) is 47.4 Å². The fourth-order valence-electron chi connectivity index (χ4n) is 7.30. The molecule has 1 N–H and O–H groups in total. The molecule has 0 amide bonds. The van der Waals surface area contributed by atoms with Gasteiger partial charge in [-0.1, -0.05) is 128 Å². The van der Waals surface area contributed by atoms with Gasteiger partial charge >= 0.3 is 5.97 Å². The number of carbonyl (C=O) groups is 1. The van der Waals surface area contributed by atoms with E-state index in [1.165, 1.54) is 14.2 Å². The molecule has 4 aromatic carbocycles. The Kier molecular flexibility index (Phi) is 15.8. The van der Waals surface area contributed by atoms with Gasteiger partial charge in [-0.2, -0.15) is 0 Å². The largest absolute Gasteiger partial charge is 0.459 e. The molecule has 4 aromatic rings. The summed E-state index contributed by atoms with van der Waals surface area (Å²) in [6, 6.07) is 38.6. The smallest absolute Gasteiger partial charge is 0.341 e. The number of aliphatic hydroxyl groups is 1. The van der Waals surface area contributed by atoms with Gasteiger partial charge in [0.15, 0.2) is 18.2 Å². The van der Waals surface area contributed by atoms with Gasteiger partial charge in [-0.3, -0.25) is 0 Å². The van der Waals surface area contributed by atoms with E-state index in [9.17, 15) is 9.90 Å². The number of esters is 1. The minimum Gasteiger partial charge on any atom is -0.459 e. The first-order valence-corrected chi connectivity index (χ1v) is 19.3. The van der Waals surface area contributed by atoms with Gasteiger partial charge in [0, 0.05) is 21.3 Å². The molecule has 57 heavy (non-hydrogen) atoms. The fourth-order valence-corrected chi connectivity index (χ4v) is 7.30. The van der Waals surface area contributed by atoms with E-state index in [1.807, 2.05) is 121 Å². The second-order valence-electron chi connectivity index (χ2n) is 14.0. The molecule has 0 aliphatic carbocycles. The van der Waals surface area contributed by atoms with Crippen molar-refractivity contribution >= 4 is 5.97 Å². The Morgan fingerprint density at radius 1 is 0.596 bits per heavy atom. The minimum atomic E-state index is -1.89. The lowest BCUT2D eigenvalue weighted by molar-refractivity contribution is -0.379. The van der Waals surface area contributed by atoms with Gasteiger partial charge in [0.1, 0.15) is 49.3 Å². The molecule has 6 unspecified atom stereocenters. The summed E-state index contributed by atoms with van der Waals surface area (Å²) in [5.74, 6) is -0.769. The highest BCUT2D eigenvalue weighted by atomic mass is 16.8. The van der Waals surface area contributed by atoms with Crippen LogP contribution in [-0.4, -0.2) is 99.9 Å². The Morgan fingerprint density at radius 3 is 1.58 bits per heavy atom.